The third kappa shape index (κ3) is 4.44. The van der Waals surface area contributed by atoms with E-state index in [-0.39, 0.29) is 23.3 Å². The number of fused-ring (bicyclic) bond motifs is 3. The molecular weight excluding hydrogens is 538 g/mol. The van der Waals surface area contributed by atoms with Gasteiger partial charge in [-0.2, -0.15) is 0 Å². The first-order valence-corrected chi connectivity index (χ1v) is 13.0. The van der Waals surface area contributed by atoms with E-state index in [0.717, 1.165) is 0 Å². The normalized spacial score (nSPS) is 29.6. The van der Waals surface area contributed by atoms with E-state index in [1.54, 1.807) is 6.92 Å². The molecule has 0 unspecified atom stereocenters. The standard InChI is InChI=1S/C28H35N3O10/c1-10-11-7-8-12(30-26(39)41-9-27(2,3)4)19(32)14(11)20(33)15-13(10)21(34)17-18(31(5)6)22(35)16(25(29)38)24(37)28(17,40)23(15)36/h7-8,10,13,17-18,21,32-34,37,40H,9H2,1-6H3,(H2,29,38)(H,30,39)/t10-,13+,17+,18-,21-,28+/m1/s1. The van der Waals surface area contributed by atoms with Gasteiger partial charge in [0, 0.05) is 11.5 Å². The summed E-state index contributed by atoms with van der Waals surface area (Å²) in [5.41, 5.74) is 0.385. The highest BCUT2D eigenvalue weighted by Crippen LogP contribution is 2.56. The van der Waals surface area contributed by atoms with E-state index in [1.165, 1.54) is 31.1 Å². The molecule has 0 saturated heterocycles. The molecule has 1 fully saturated rings. The number of carbonyl (C=O) groups excluding carboxylic acids is 4. The number of nitrogens with zero attached hydrogens (tertiary/aromatic N) is 1. The van der Waals surface area contributed by atoms with Crippen molar-refractivity contribution < 1.29 is 49.4 Å². The molecule has 3 aliphatic carbocycles. The summed E-state index contributed by atoms with van der Waals surface area (Å²) in [5.74, 6) is -9.97. The minimum Gasteiger partial charge on any atom is -0.508 e. The zero-order valence-corrected chi connectivity index (χ0v) is 23.6. The van der Waals surface area contributed by atoms with Crippen molar-refractivity contribution in [3.63, 3.8) is 0 Å². The van der Waals surface area contributed by atoms with E-state index in [4.69, 9.17) is 10.5 Å². The number of aliphatic hydroxyl groups excluding tert-OH is 3. The van der Waals surface area contributed by atoms with E-state index in [9.17, 15) is 44.7 Å². The van der Waals surface area contributed by atoms with E-state index in [1.807, 2.05) is 20.8 Å². The molecule has 222 valence electrons. The number of anilines is 1. The van der Waals surface area contributed by atoms with Crippen LogP contribution in [0.5, 0.6) is 5.75 Å². The van der Waals surface area contributed by atoms with Crippen LogP contribution < -0.4 is 11.1 Å². The van der Waals surface area contributed by atoms with E-state index in [0.29, 0.717) is 5.56 Å². The molecule has 13 nitrogen and oxygen atoms in total. The summed E-state index contributed by atoms with van der Waals surface area (Å²) in [4.78, 5) is 53.0. The van der Waals surface area contributed by atoms with Gasteiger partial charge < -0.3 is 36.0 Å². The van der Waals surface area contributed by atoms with Crippen LogP contribution in [-0.4, -0.2) is 92.4 Å². The van der Waals surface area contributed by atoms with E-state index in [2.05, 4.69) is 5.32 Å². The number of nitrogens with two attached hydrogens (primary N) is 1. The number of likely N-dealkylation sites (N-methyl/N-ethyl adjacent to an activating group) is 1. The Balaban J connectivity index is 1.88. The van der Waals surface area contributed by atoms with Crippen molar-refractivity contribution >= 4 is 35.0 Å². The van der Waals surface area contributed by atoms with Gasteiger partial charge in [0.2, 0.25) is 5.78 Å². The lowest BCUT2D eigenvalue weighted by Crippen LogP contribution is -2.70. The van der Waals surface area contributed by atoms with Crippen molar-refractivity contribution in [3.05, 3.63) is 40.2 Å². The average Bonchev–Trinajstić information content (AvgIpc) is 2.85. The predicted octanol–water partition coefficient (Wildman–Crippen LogP) is 1.09. The number of hydrogen-bond acceptors (Lipinski definition) is 11. The topological polar surface area (TPSA) is 220 Å². The summed E-state index contributed by atoms with van der Waals surface area (Å²) in [6.07, 6.45) is -2.57. The highest BCUT2D eigenvalue weighted by Gasteiger charge is 2.68. The van der Waals surface area contributed by atoms with Gasteiger partial charge in [0.25, 0.3) is 5.91 Å². The van der Waals surface area contributed by atoms with Gasteiger partial charge in [-0.25, -0.2) is 4.79 Å². The number of benzene rings is 1. The zero-order chi connectivity index (χ0) is 30.9. The minimum atomic E-state index is -3.01. The maximum absolute atomic E-state index is 14.0. The number of ketones is 2. The Hall–Kier alpha value is -3.94. The van der Waals surface area contributed by atoms with Crippen LogP contribution in [-0.2, 0) is 19.1 Å². The summed E-state index contributed by atoms with van der Waals surface area (Å²) in [6, 6.07) is 1.42. The minimum absolute atomic E-state index is 0.0748. The highest BCUT2D eigenvalue weighted by molar-refractivity contribution is 6.24. The molecule has 0 spiro atoms. The molecule has 6 atom stereocenters. The van der Waals surface area contributed by atoms with Crippen LogP contribution in [0.25, 0.3) is 5.76 Å². The maximum Gasteiger partial charge on any atom is 0.411 e. The van der Waals surface area contributed by atoms with Gasteiger partial charge in [0.15, 0.2) is 11.4 Å². The number of aliphatic hydroxyl groups is 4. The number of amides is 2. The molecule has 3 aliphatic rings. The smallest absolute Gasteiger partial charge is 0.411 e. The highest BCUT2D eigenvalue weighted by atomic mass is 16.5. The molecule has 1 saturated carbocycles. The second kappa shape index (κ2) is 9.86. The summed E-state index contributed by atoms with van der Waals surface area (Å²) in [7, 11) is 2.87. The number of primary amides is 1. The Bertz CT molecular complexity index is 1420. The zero-order valence-electron chi connectivity index (χ0n) is 23.6. The first-order chi connectivity index (χ1) is 18.9. The van der Waals surface area contributed by atoms with Crippen molar-refractivity contribution in [2.75, 3.05) is 26.0 Å². The van der Waals surface area contributed by atoms with Gasteiger partial charge in [-0.3, -0.25) is 24.6 Å². The fraction of sp³-hybridized carbons (Fsp3) is 0.500. The number of aromatic hydroxyl groups is 1. The molecule has 0 radical (unpaired) electrons. The van der Waals surface area contributed by atoms with Crippen LogP contribution in [0.15, 0.2) is 29.0 Å². The third-order valence-electron chi connectivity index (χ3n) is 8.00. The molecule has 1 aromatic rings. The van der Waals surface area contributed by atoms with E-state index >= 15 is 0 Å². The summed E-state index contributed by atoms with van der Waals surface area (Å²) in [5, 5.41) is 59.1. The van der Waals surface area contributed by atoms with Crippen molar-refractivity contribution in [2.24, 2.45) is 23.0 Å². The number of phenols is 1. The monoisotopic (exact) mass is 573 g/mol. The van der Waals surface area contributed by atoms with Gasteiger partial charge in [-0.05, 0) is 37.1 Å². The van der Waals surface area contributed by atoms with Crippen LogP contribution in [0.1, 0.15) is 44.7 Å². The molecular formula is C28H35N3O10. The lowest BCUT2D eigenvalue weighted by atomic mass is 9.54. The molecule has 0 aromatic heterocycles. The quantitative estimate of drug-likeness (QED) is 0.200. The first kappa shape index (κ1) is 30.0. The van der Waals surface area contributed by atoms with Crippen LogP contribution in [0.2, 0.25) is 0 Å². The van der Waals surface area contributed by atoms with Gasteiger partial charge in [-0.1, -0.05) is 33.8 Å². The Labute approximate surface area is 235 Å². The Morgan fingerprint density at radius 1 is 1.15 bits per heavy atom. The number of nitrogens with one attached hydrogen (secondary N) is 1. The van der Waals surface area contributed by atoms with Crippen LogP contribution >= 0.6 is 0 Å². The molecule has 0 heterocycles. The second-order valence-electron chi connectivity index (χ2n) is 12.2. The molecule has 1 aromatic carbocycles. The van der Waals surface area contributed by atoms with Gasteiger partial charge in [0.05, 0.1) is 35.9 Å². The second-order valence-corrected chi connectivity index (χ2v) is 12.2. The molecule has 0 bridgehead atoms. The molecule has 0 aliphatic heterocycles. The van der Waals surface area contributed by atoms with Crippen molar-refractivity contribution in [1.29, 1.82) is 0 Å². The van der Waals surface area contributed by atoms with Crippen LogP contribution in [0.3, 0.4) is 0 Å². The van der Waals surface area contributed by atoms with Crippen molar-refractivity contribution in [1.82, 2.24) is 4.90 Å². The molecule has 2 amide bonds. The number of ether oxygens (including phenoxy) is 1. The Morgan fingerprint density at radius 2 is 1.76 bits per heavy atom. The fourth-order valence-corrected chi connectivity index (χ4v) is 6.15. The fourth-order valence-electron chi connectivity index (χ4n) is 6.15. The lowest BCUT2D eigenvalue weighted by molar-refractivity contribution is -0.169. The van der Waals surface area contributed by atoms with Crippen LogP contribution in [0, 0.1) is 17.3 Å². The molecule has 41 heavy (non-hydrogen) atoms. The number of carbonyl (C=O) groups is 4. The van der Waals surface area contributed by atoms with Gasteiger partial charge >= 0.3 is 6.09 Å². The first-order valence-electron chi connectivity index (χ1n) is 13.0. The van der Waals surface area contributed by atoms with Crippen molar-refractivity contribution in [2.45, 2.75) is 51.4 Å². The van der Waals surface area contributed by atoms with E-state index < -0.39 is 87.5 Å². The molecule has 13 heteroatoms. The summed E-state index contributed by atoms with van der Waals surface area (Å²) < 4.78 is 5.17. The summed E-state index contributed by atoms with van der Waals surface area (Å²) >= 11 is 0. The largest absolute Gasteiger partial charge is 0.508 e. The van der Waals surface area contributed by atoms with Crippen molar-refractivity contribution in [3.8, 4) is 5.75 Å². The van der Waals surface area contributed by atoms with Gasteiger partial charge in [0.1, 0.15) is 22.8 Å². The van der Waals surface area contributed by atoms with Gasteiger partial charge in [-0.15, -0.1) is 0 Å². The number of hydrogen-bond donors (Lipinski definition) is 7. The Morgan fingerprint density at radius 3 is 2.29 bits per heavy atom. The third-order valence-corrected chi connectivity index (χ3v) is 8.00. The number of phenolic OH excluding ortho intramolecular Hbond substituents is 1. The Kier molecular flexibility index (Phi) is 7.22. The average molecular weight is 574 g/mol. The summed E-state index contributed by atoms with van der Waals surface area (Å²) in [6.45, 7) is 7.26. The number of rotatable bonds is 4. The van der Waals surface area contributed by atoms with Crippen LogP contribution in [0.4, 0.5) is 10.5 Å². The maximum atomic E-state index is 14.0. The number of Topliss-reactive ketones (excluding diaryl/α,β-unsaturated/α-hetero) is 2. The molecule has 8 N–H and O–H groups in total. The lowest BCUT2D eigenvalue weighted by Gasteiger charge is -2.53. The SMILES string of the molecule is C[C@@H]1c2ccc(NC(=O)OCC(C)(C)C)c(O)c2C(O)=C2C(=O)[C@]3(O)C(O)=C(C(N)=O)C(=O)[C@H](N(C)C)[C@H]3[C@H](O)[C@H]21. The molecule has 4 rings (SSSR count). The predicted molar refractivity (Wildman–Crippen MR) is 145 cm³/mol.